The van der Waals surface area contributed by atoms with E-state index in [1.807, 2.05) is 13.0 Å². The molecule has 0 N–H and O–H groups in total. The highest BCUT2D eigenvalue weighted by Crippen LogP contribution is 2.40. The molecule has 0 bridgehead atoms. The molecule has 0 heterocycles. The van der Waals surface area contributed by atoms with Crippen molar-refractivity contribution in [2.45, 2.75) is 26.7 Å². The zero-order valence-corrected chi connectivity index (χ0v) is 10.6. The van der Waals surface area contributed by atoms with Gasteiger partial charge in [0.1, 0.15) is 11.5 Å². The summed E-state index contributed by atoms with van der Waals surface area (Å²) in [7, 11) is 3.28. The minimum atomic E-state index is 0.348. The zero-order chi connectivity index (χ0) is 11.6. The predicted octanol–water partition coefficient (Wildman–Crippen LogP) is 3.79. The number of hydrogen-bond donors (Lipinski definition) is 0. The number of ether oxygens (including phenoxy) is 2. The van der Waals surface area contributed by atoms with Crippen LogP contribution in [0.1, 0.15) is 30.9 Å². The van der Waals surface area contributed by atoms with Crippen molar-refractivity contribution in [3.8, 4) is 11.5 Å². The average Bonchev–Trinajstić information content (AvgIpc) is 2.18. The van der Waals surface area contributed by atoms with E-state index in [-0.39, 0.29) is 0 Å². The Morgan fingerprint density at radius 1 is 1.20 bits per heavy atom. The highest BCUT2D eigenvalue weighted by molar-refractivity contribution is 6.33. The lowest BCUT2D eigenvalue weighted by Crippen LogP contribution is -1.98. The van der Waals surface area contributed by atoms with Gasteiger partial charge in [0, 0.05) is 5.56 Å². The highest BCUT2D eigenvalue weighted by atomic mass is 35.5. The Morgan fingerprint density at radius 3 is 2.20 bits per heavy atom. The van der Waals surface area contributed by atoms with Gasteiger partial charge in [-0.2, -0.15) is 0 Å². The van der Waals surface area contributed by atoms with Crippen molar-refractivity contribution in [1.82, 2.24) is 0 Å². The topological polar surface area (TPSA) is 18.5 Å². The van der Waals surface area contributed by atoms with Crippen LogP contribution >= 0.6 is 11.6 Å². The van der Waals surface area contributed by atoms with Crippen LogP contribution in [0.25, 0.3) is 0 Å². The highest BCUT2D eigenvalue weighted by Gasteiger charge is 2.16. The largest absolute Gasteiger partial charge is 0.496 e. The first kappa shape index (κ1) is 12.2. The molecule has 1 rings (SSSR count). The van der Waals surface area contributed by atoms with Gasteiger partial charge in [0.2, 0.25) is 0 Å². The third kappa shape index (κ3) is 2.20. The Morgan fingerprint density at radius 2 is 1.80 bits per heavy atom. The average molecular weight is 229 g/mol. The third-order valence-electron chi connectivity index (χ3n) is 2.50. The summed E-state index contributed by atoms with van der Waals surface area (Å²) in [5, 5.41) is 0.686. The van der Waals surface area contributed by atoms with Crippen LogP contribution in [0.15, 0.2) is 6.07 Å². The van der Waals surface area contributed by atoms with Crippen molar-refractivity contribution < 1.29 is 9.47 Å². The summed E-state index contributed by atoms with van der Waals surface area (Å²) in [6.45, 7) is 6.12. The van der Waals surface area contributed by atoms with E-state index in [2.05, 4.69) is 13.8 Å². The fourth-order valence-electron chi connectivity index (χ4n) is 1.60. The fourth-order valence-corrected chi connectivity index (χ4v) is 2.09. The van der Waals surface area contributed by atoms with Gasteiger partial charge < -0.3 is 9.47 Å². The van der Waals surface area contributed by atoms with Gasteiger partial charge in [-0.15, -0.1) is 0 Å². The van der Waals surface area contributed by atoms with E-state index < -0.39 is 0 Å². The first-order valence-corrected chi connectivity index (χ1v) is 5.31. The molecule has 84 valence electrons. The monoisotopic (exact) mass is 228 g/mol. The Balaban J connectivity index is 3.44. The lowest BCUT2D eigenvalue weighted by atomic mass is 10.00. The van der Waals surface area contributed by atoms with Crippen LogP contribution in [0.3, 0.4) is 0 Å². The number of hydrogen-bond acceptors (Lipinski definition) is 2. The molecular formula is C12H17ClO2. The van der Waals surface area contributed by atoms with Crippen molar-refractivity contribution in [2.24, 2.45) is 0 Å². The van der Waals surface area contributed by atoms with Crippen LogP contribution < -0.4 is 9.47 Å². The lowest BCUT2D eigenvalue weighted by Gasteiger charge is -2.17. The van der Waals surface area contributed by atoms with Gasteiger partial charge in [0.15, 0.2) is 0 Å². The summed E-state index contributed by atoms with van der Waals surface area (Å²) in [6.07, 6.45) is 0. The summed E-state index contributed by atoms with van der Waals surface area (Å²) in [6, 6.07) is 1.98. The molecule has 0 amide bonds. The Hall–Kier alpha value is -0.890. The van der Waals surface area contributed by atoms with Crippen LogP contribution in [0.5, 0.6) is 11.5 Å². The smallest absolute Gasteiger partial charge is 0.144 e. The summed E-state index contributed by atoms with van der Waals surface area (Å²) >= 11 is 6.26. The molecule has 15 heavy (non-hydrogen) atoms. The summed E-state index contributed by atoms with van der Waals surface area (Å²) in [5.41, 5.74) is 1.99. The molecule has 0 fully saturated rings. The number of rotatable bonds is 3. The van der Waals surface area contributed by atoms with Crippen LogP contribution in [-0.2, 0) is 0 Å². The standard InChI is InChI=1S/C12H17ClO2/c1-7(2)9-6-10(14-4)8(3)12(15-5)11(9)13/h6-7H,1-5H3. The summed E-state index contributed by atoms with van der Waals surface area (Å²) in [4.78, 5) is 0. The number of methoxy groups -OCH3 is 2. The molecule has 0 aliphatic heterocycles. The van der Waals surface area contributed by atoms with E-state index in [9.17, 15) is 0 Å². The van der Waals surface area contributed by atoms with Gasteiger partial charge in [-0.3, -0.25) is 0 Å². The number of benzene rings is 1. The van der Waals surface area contributed by atoms with Crippen LogP contribution in [0.2, 0.25) is 5.02 Å². The molecule has 1 aromatic rings. The van der Waals surface area contributed by atoms with Gasteiger partial charge in [-0.1, -0.05) is 25.4 Å². The Bertz CT molecular complexity index is 359. The zero-order valence-electron chi connectivity index (χ0n) is 9.85. The van der Waals surface area contributed by atoms with Gasteiger partial charge in [0.25, 0.3) is 0 Å². The molecule has 0 aliphatic carbocycles. The molecule has 1 aromatic carbocycles. The summed E-state index contributed by atoms with van der Waals surface area (Å²) < 4.78 is 10.6. The molecule has 0 aromatic heterocycles. The second-order valence-electron chi connectivity index (χ2n) is 3.79. The molecule has 0 aliphatic rings. The maximum absolute atomic E-state index is 6.26. The van der Waals surface area contributed by atoms with Gasteiger partial charge in [0.05, 0.1) is 19.2 Å². The number of halogens is 1. The van der Waals surface area contributed by atoms with E-state index in [0.717, 1.165) is 16.9 Å². The molecule has 0 spiro atoms. The van der Waals surface area contributed by atoms with Gasteiger partial charge in [-0.25, -0.2) is 0 Å². The van der Waals surface area contributed by atoms with E-state index in [1.165, 1.54) is 0 Å². The molecule has 0 unspecified atom stereocenters. The van der Waals surface area contributed by atoms with Crippen LogP contribution in [0, 0.1) is 6.92 Å². The first-order chi connectivity index (χ1) is 7.02. The molecule has 3 heteroatoms. The fraction of sp³-hybridized carbons (Fsp3) is 0.500. The minimum absolute atomic E-state index is 0.348. The van der Waals surface area contributed by atoms with Crippen LogP contribution in [0.4, 0.5) is 0 Å². The van der Waals surface area contributed by atoms with E-state index in [1.54, 1.807) is 14.2 Å². The second-order valence-corrected chi connectivity index (χ2v) is 4.17. The van der Waals surface area contributed by atoms with Gasteiger partial charge >= 0.3 is 0 Å². The van der Waals surface area contributed by atoms with Crippen molar-refractivity contribution in [2.75, 3.05) is 14.2 Å². The molecular weight excluding hydrogens is 212 g/mol. The molecule has 0 saturated heterocycles. The lowest BCUT2D eigenvalue weighted by molar-refractivity contribution is 0.387. The summed E-state index contributed by atoms with van der Waals surface area (Å²) in [5.74, 6) is 1.88. The SMILES string of the molecule is COc1cc(C(C)C)c(Cl)c(OC)c1C. The van der Waals surface area contributed by atoms with E-state index in [4.69, 9.17) is 21.1 Å². The van der Waals surface area contributed by atoms with E-state index >= 15 is 0 Å². The van der Waals surface area contributed by atoms with Crippen molar-refractivity contribution in [3.05, 3.63) is 22.2 Å². The maximum Gasteiger partial charge on any atom is 0.144 e. The maximum atomic E-state index is 6.26. The molecule has 0 saturated carbocycles. The van der Waals surface area contributed by atoms with Crippen molar-refractivity contribution >= 4 is 11.6 Å². The van der Waals surface area contributed by atoms with Crippen molar-refractivity contribution in [1.29, 1.82) is 0 Å². The Kier molecular flexibility index (Phi) is 3.86. The first-order valence-electron chi connectivity index (χ1n) is 4.93. The van der Waals surface area contributed by atoms with Gasteiger partial charge in [-0.05, 0) is 24.5 Å². The van der Waals surface area contributed by atoms with E-state index in [0.29, 0.717) is 16.7 Å². The Labute approximate surface area is 96.2 Å². The second kappa shape index (κ2) is 4.75. The minimum Gasteiger partial charge on any atom is -0.496 e. The molecule has 0 radical (unpaired) electrons. The normalized spacial score (nSPS) is 10.6. The molecule has 0 atom stereocenters. The third-order valence-corrected chi connectivity index (χ3v) is 2.89. The quantitative estimate of drug-likeness (QED) is 0.784. The predicted molar refractivity (Wildman–Crippen MR) is 63.4 cm³/mol. The molecule has 2 nitrogen and oxygen atoms in total. The van der Waals surface area contributed by atoms with Crippen molar-refractivity contribution in [3.63, 3.8) is 0 Å². The van der Waals surface area contributed by atoms with Crippen LogP contribution in [-0.4, -0.2) is 14.2 Å².